The topological polar surface area (TPSA) is 109 Å². The van der Waals surface area contributed by atoms with E-state index >= 15 is 0 Å². The summed E-state index contributed by atoms with van der Waals surface area (Å²) in [5.41, 5.74) is 8.86. The van der Waals surface area contributed by atoms with E-state index in [9.17, 15) is 9.59 Å². The van der Waals surface area contributed by atoms with Crippen LogP contribution in [-0.4, -0.2) is 35.4 Å². The molecule has 0 spiro atoms. The second kappa shape index (κ2) is 9.24. The lowest BCUT2D eigenvalue weighted by atomic mass is 9.86. The van der Waals surface area contributed by atoms with Gasteiger partial charge in [-0.1, -0.05) is 29.8 Å². The Morgan fingerprint density at radius 1 is 1.19 bits per heavy atom. The third-order valence-corrected chi connectivity index (χ3v) is 6.46. The Hall–Kier alpha value is -2.64. The molecular weight excluding hydrogens is 414 g/mol. The molecule has 4 rings (SSSR count). The minimum atomic E-state index is -0.629. The van der Waals surface area contributed by atoms with E-state index in [1.165, 1.54) is 5.56 Å². The van der Waals surface area contributed by atoms with Crippen LogP contribution in [0.15, 0.2) is 36.4 Å². The highest BCUT2D eigenvalue weighted by Crippen LogP contribution is 2.31. The number of carbonyl (C=O) groups excluding carboxylic acids is 2. The maximum atomic E-state index is 12.8. The summed E-state index contributed by atoms with van der Waals surface area (Å²) in [6.45, 7) is 2.46. The van der Waals surface area contributed by atoms with Crippen molar-refractivity contribution in [3.05, 3.63) is 58.2 Å². The molecule has 1 aromatic heterocycles. The number of anilines is 1. The number of hydrogen-bond acceptors (Lipinski definition) is 5. The van der Waals surface area contributed by atoms with Crippen LogP contribution in [0.3, 0.4) is 0 Å². The molecule has 1 aliphatic heterocycles. The van der Waals surface area contributed by atoms with Crippen molar-refractivity contribution in [2.75, 3.05) is 12.3 Å². The van der Waals surface area contributed by atoms with Crippen molar-refractivity contribution >= 4 is 29.2 Å². The molecule has 1 aliphatic carbocycles. The van der Waals surface area contributed by atoms with Crippen molar-refractivity contribution in [2.45, 2.75) is 56.7 Å². The smallest absolute Gasteiger partial charge is 0.242 e. The molecule has 0 saturated carbocycles. The highest BCUT2D eigenvalue weighted by molar-refractivity contribution is 6.30. The van der Waals surface area contributed by atoms with E-state index in [1.54, 1.807) is 13.0 Å². The van der Waals surface area contributed by atoms with Gasteiger partial charge in [-0.15, -0.1) is 0 Å². The molecule has 7 nitrogen and oxygen atoms in total. The number of nitrogens with one attached hydrogen (secondary N) is 3. The van der Waals surface area contributed by atoms with Crippen molar-refractivity contribution < 1.29 is 9.59 Å². The number of pyridine rings is 1. The Morgan fingerprint density at radius 2 is 1.97 bits per heavy atom. The van der Waals surface area contributed by atoms with Gasteiger partial charge in [0.2, 0.25) is 11.8 Å². The van der Waals surface area contributed by atoms with Gasteiger partial charge >= 0.3 is 0 Å². The third-order valence-electron chi connectivity index (χ3n) is 6.21. The number of benzene rings is 1. The molecule has 2 heterocycles. The maximum Gasteiger partial charge on any atom is 0.242 e. The number of piperidine rings is 1. The first-order valence-electron chi connectivity index (χ1n) is 10.8. The molecule has 0 radical (unpaired) electrons. The number of amides is 2. The summed E-state index contributed by atoms with van der Waals surface area (Å²) in [7, 11) is 0. The molecule has 2 amide bonds. The number of nitrogens with two attached hydrogens (primary N) is 1. The second-order valence-electron chi connectivity index (χ2n) is 8.38. The standard InChI is InChI=1S/C23H28ClN5O2/c1-13(22(30)29-19-8-7-18-17(19)6-9-21(25)28-18)27-23(31)20-12-15(10-11-26-20)14-2-4-16(24)5-3-14/h2-6,9,13,15,19-20,26H,7-8,10-12H2,1H3,(H2,25,28)(H,27,31)(H,29,30)/t13-,15+,19?,20+/m0/s1. The molecule has 2 aliphatic rings. The number of nitrogens with zero attached hydrogens (tertiary/aromatic N) is 1. The Labute approximate surface area is 187 Å². The molecule has 1 saturated heterocycles. The summed E-state index contributed by atoms with van der Waals surface area (Å²) in [5.74, 6) is 0.423. The number of aryl methyl sites for hydroxylation is 1. The van der Waals surface area contributed by atoms with Gasteiger partial charge in [-0.25, -0.2) is 4.98 Å². The average Bonchev–Trinajstić information content (AvgIpc) is 3.15. The Kier molecular flexibility index (Phi) is 6.43. The van der Waals surface area contributed by atoms with Gasteiger partial charge in [-0.2, -0.15) is 0 Å². The molecule has 8 heteroatoms. The van der Waals surface area contributed by atoms with Crippen LogP contribution in [0.1, 0.15) is 55.0 Å². The van der Waals surface area contributed by atoms with Crippen LogP contribution < -0.4 is 21.7 Å². The number of aromatic nitrogens is 1. The molecule has 164 valence electrons. The monoisotopic (exact) mass is 441 g/mol. The Bertz CT molecular complexity index is 965. The lowest BCUT2D eigenvalue weighted by molar-refractivity contribution is -0.130. The van der Waals surface area contributed by atoms with Crippen LogP contribution in [0.4, 0.5) is 5.82 Å². The van der Waals surface area contributed by atoms with Gasteiger partial charge in [0, 0.05) is 10.7 Å². The summed E-state index contributed by atoms with van der Waals surface area (Å²) in [6.07, 6.45) is 3.21. The predicted molar refractivity (Wildman–Crippen MR) is 121 cm³/mol. The van der Waals surface area contributed by atoms with E-state index in [1.807, 2.05) is 30.3 Å². The van der Waals surface area contributed by atoms with Gasteiger partial charge in [0.15, 0.2) is 0 Å². The Balaban J connectivity index is 1.32. The number of fused-ring (bicyclic) bond motifs is 1. The predicted octanol–water partition coefficient (Wildman–Crippen LogP) is 2.46. The van der Waals surface area contributed by atoms with Crippen LogP contribution in [-0.2, 0) is 16.0 Å². The fraction of sp³-hybridized carbons (Fsp3) is 0.435. The molecule has 2 aromatic rings. The quantitative estimate of drug-likeness (QED) is 0.570. The fourth-order valence-corrected chi connectivity index (χ4v) is 4.59. The fourth-order valence-electron chi connectivity index (χ4n) is 4.46. The second-order valence-corrected chi connectivity index (χ2v) is 8.82. The Morgan fingerprint density at radius 3 is 2.74 bits per heavy atom. The zero-order valence-electron chi connectivity index (χ0n) is 17.5. The zero-order valence-corrected chi connectivity index (χ0v) is 18.3. The molecule has 1 unspecified atom stereocenters. The van der Waals surface area contributed by atoms with Crippen LogP contribution >= 0.6 is 11.6 Å². The molecular formula is C23H28ClN5O2. The molecule has 0 bridgehead atoms. The summed E-state index contributed by atoms with van der Waals surface area (Å²) in [6, 6.07) is 10.4. The third kappa shape index (κ3) is 4.99. The van der Waals surface area contributed by atoms with Crippen molar-refractivity contribution in [2.24, 2.45) is 0 Å². The SMILES string of the molecule is C[C@H](NC(=O)[C@H]1C[C@H](c2ccc(Cl)cc2)CCN1)C(=O)NC1CCc2nc(N)ccc21. The lowest BCUT2D eigenvalue weighted by Crippen LogP contribution is -2.53. The minimum Gasteiger partial charge on any atom is -0.384 e. The number of nitrogen functional groups attached to an aromatic ring is 1. The normalized spacial score (nSPS) is 23.6. The number of carbonyl (C=O) groups is 2. The molecule has 1 fully saturated rings. The van der Waals surface area contributed by atoms with E-state index in [4.69, 9.17) is 17.3 Å². The van der Waals surface area contributed by atoms with Gasteiger partial charge < -0.3 is 21.7 Å². The van der Waals surface area contributed by atoms with Crippen LogP contribution in [0.2, 0.25) is 5.02 Å². The van der Waals surface area contributed by atoms with Gasteiger partial charge in [0.1, 0.15) is 11.9 Å². The van der Waals surface area contributed by atoms with Crippen LogP contribution in [0.5, 0.6) is 0 Å². The molecule has 4 atom stereocenters. The lowest BCUT2D eigenvalue weighted by Gasteiger charge is -2.30. The summed E-state index contributed by atoms with van der Waals surface area (Å²) < 4.78 is 0. The van der Waals surface area contributed by atoms with E-state index in [0.29, 0.717) is 17.3 Å². The average molecular weight is 442 g/mol. The van der Waals surface area contributed by atoms with Crippen molar-refractivity contribution in [1.82, 2.24) is 20.9 Å². The van der Waals surface area contributed by atoms with Gasteiger partial charge in [0.05, 0.1) is 12.1 Å². The minimum absolute atomic E-state index is 0.1000. The first-order valence-corrected chi connectivity index (χ1v) is 11.1. The first kappa shape index (κ1) is 21.6. The zero-order chi connectivity index (χ0) is 22.0. The van der Waals surface area contributed by atoms with Crippen molar-refractivity contribution in [1.29, 1.82) is 0 Å². The summed E-state index contributed by atoms with van der Waals surface area (Å²) in [5, 5.41) is 9.88. The highest BCUT2D eigenvalue weighted by Gasteiger charge is 2.31. The van der Waals surface area contributed by atoms with Gasteiger partial charge in [0.25, 0.3) is 0 Å². The van der Waals surface area contributed by atoms with Crippen molar-refractivity contribution in [3.8, 4) is 0 Å². The number of rotatable bonds is 5. The van der Waals surface area contributed by atoms with E-state index in [2.05, 4.69) is 20.9 Å². The van der Waals surface area contributed by atoms with E-state index < -0.39 is 6.04 Å². The van der Waals surface area contributed by atoms with Gasteiger partial charge in [-0.05, 0) is 74.4 Å². The summed E-state index contributed by atoms with van der Waals surface area (Å²) >= 11 is 5.99. The van der Waals surface area contributed by atoms with Gasteiger partial charge in [-0.3, -0.25) is 9.59 Å². The highest BCUT2D eigenvalue weighted by atomic mass is 35.5. The molecule has 31 heavy (non-hydrogen) atoms. The van der Waals surface area contributed by atoms with Crippen LogP contribution in [0, 0.1) is 0 Å². The largest absolute Gasteiger partial charge is 0.384 e. The molecule has 1 aromatic carbocycles. The molecule has 5 N–H and O–H groups in total. The maximum absolute atomic E-state index is 12.8. The van der Waals surface area contributed by atoms with E-state index in [-0.39, 0.29) is 29.8 Å². The number of hydrogen-bond donors (Lipinski definition) is 4. The van der Waals surface area contributed by atoms with Crippen LogP contribution in [0.25, 0.3) is 0 Å². The first-order chi connectivity index (χ1) is 14.9. The number of halogens is 1. The van der Waals surface area contributed by atoms with E-state index in [0.717, 1.165) is 37.1 Å². The van der Waals surface area contributed by atoms with Crippen molar-refractivity contribution in [3.63, 3.8) is 0 Å². The summed E-state index contributed by atoms with van der Waals surface area (Å²) in [4.78, 5) is 29.9.